The van der Waals surface area contributed by atoms with Crippen molar-refractivity contribution in [3.8, 4) is 0 Å². The molecule has 3 N–H and O–H groups in total. The highest BCUT2D eigenvalue weighted by atomic mass is 79.9. The maximum atomic E-state index is 9.57. The number of benzene rings is 1. The highest BCUT2D eigenvalue weighted by Gasteiger charge is 2.26. The molecule has 2 aromatic rings. The molecule has 6 heteroatoms. The molecule has 1 atom stereocenters. The summed E-state index contributed by atoms with van der Waals surface area (Å²) in [7, 11) is 0. The van der Waals surface area contributed by atoms with Crippen molar-refractivity contribution in [1.29, 1.82) is 0 Å². The maximum absolute atomic E-state index is 9.57. The van der Waals surface area contributed by atoms with Crippen molar-refractivity contribution in [2.45, 2.75) is 45.6 Å². The Balaban J connectivity index is 1.86. The standard InChI is InChI=1S/C19H25BrN4O/c1-11(2)17(10-25)23-19-22-16(13-4-5-13)9-18(24-19)21-14-6-7-15(20)12(3)8-14/h6-9,11,13,17,25H,4-5,10H2,1-3H3,(H2,21,22,23,24)/t17-/m0/s1. The number of rotatable bonds is 7. The van der Waals surface area contributed by atoms with Gasteiger partial charge in [0.25, 0.3) is 0 Å². The third-order valence-corrected chi connectivity index (χ3v) is 5.38. The van der Waals surface area contributed by atoms with Crippen LogP contribution in [0.25, 0.3) is 0 Å². The lowest BCUT2D eigenvalue weighted by molar-refractivity contribution is 0.248. The SMILES string of the molecule is Cc1cc(Nc2cc(C3CC3)nc(N[C@@H](CO)C(C)C)n2)ccc1Br. The molecule has 134 valence electrons. The summed E-state index contributed by atoms with van der Waals surface area (Å²) >= 11 is 3.53. The van der Waals surface area contributed by atoms with E-state index in [0.29, 0.717) is 17.8 Å². The Morgan fingerprint density at radius 1 is 1.24 bits per heavy atom. The van der Waals surface area contributed by atoms with Crippen LogP contribution in [-0.4, -0.2) is 27.7 Å². The van der Waals surface area contributed by atoms with Gasteiger partial charge < -0.3 is 15.7 Å². The highest BCUT2D eigenvalue weighted by Crippen LogP contribution is 2.40. The Bertz CT molecular complexity index is 746. The van der Waals surface area contributed by atoms with Gasteiger partial charge >= 0.3 is 0 Å². The molecule has 1 aliphatic carbocycles. The summed E-state index contributed by atoms with van der Waals surface area (Å²) in [5, 5.41) is 16.2. The second-order valence-corrected chi connectivity index (χ2v) is 7.90. The van der Waals surface area contributed by atoms with Crippen molar-refractivity contribution >= 4 is 33.4 Å². The minimum Gasteiger partial charge on any atom is -0.394 e. The zero-order valence-electron chi connectivity index (χ0n) is 14.9. The topological polar surface area (TPSA) is 70.1 Å². The third kappa shape index (κ3) is 4.70. The van der Waals surface area contributed by atoms with Gasteiger partial charge in [-0.2, -0.15) is 4.98 Å². The quantitative estimate of drug-likeness (QED) is 0.628. The second-order valence-electron chi connectivity index (χ2n) is 7.04. The number of hydrogen-bond donors (Lipinski definition) is 3. The summed E-state index contributed by atoms with van der Waals surface area (Å²) in [6, 6.07) is 8.11. The van der Waals surface area contributed by atoms with E-state index in [0.717, 1.165) is 21.7 Å². The molecule has 0 amide bonds. The van der Waals surface area contributed by atoms with Crippen LogP contribution in [0.5, 0.6) is 0 Å². The van der Waals surface area contributed by atoms with Gasteiger partial charge in [-0.3, -0.25) is 0 Å². The van der Waals surface area contributed by atoms with Gasteiger partial charge in [0.2, 0.25) is 5.95 Å². The van der Waals surface area contributed by atoms with E-state index < -0.39 is 0 Å². The van der Waals surface area contributed by atoms with E-state index in [4.69, 9.17) is 0 Å². The monoisotopic (exact) mass is 404 g/mol. The van der Waals surface area contributed by atoms with Crippen molar-refractivity contribution in [2.75, 3.05) is 17.2 Å². The molecular formula is C19H25BrN4O. The Morgan fingerprint density at radius 2 is 2.00 bits per heavy atom. The van der Waals surface area contributed by atoms with Gasteiger partial charge in [-0.15, -0.1) is 0 Å². The predicted molar refractivity (Wildman–Crippen MR) is 106 cm³/mol. The van der Waals surface area contributed by atoms with E-state index in [2.05, 4.69) is 63.4 Å². The summed E-state index contributed by atoms with van der Waals surface area (Å²) in [6.07, 6.45) is 2.36. The van der Waals surface area contributed by atoms with Crippen LogP contribution in [0.15, 0.2) is 28.7 Å². The van der Waals surface area contributed by atoms with E-state index in [1.807, 2.05) is 18.2 Å². The Labute approximate surface area is 157 Å². The van der Waals surface area contributed by atoms with Crippen LogP contribution in [0.2, 0.25) is 0 Å². The fourth-order valence-corrected chi connectivity index (χ4v) is 2.89. The smallest absolute Gasteiger partial charge is 0.225 e. The number of halogens is 1. The van der Waals surface area contributed by atoms with Gasteiger partial charge in [-0.25, -0.2) is 4.98 Å². The zero-order valence-corrected chi connectivity index (χ0v) is 16.5. The van der Waals surface area contributed by atoms with Crippen LogP contribution in [0.4, 0.5) is 17.5 Å². The molecule has 1 saturated carbocycles. The third-order valence-electron chi connectivity index (χ3n) is 4.49. The van der Waals surface area contributed by atoms with Crippen LogP contribution < -0.4 is 10.6 Å². The normalized spacial score (nSPS) is 15.3. The molecule has 1 aromatic heterocycles. The van der Waals surface area contributed by atoms with Crippen molar-refractivity contribution < 1.29 is 5.11 Å². The average Bonchev–Trinajstić information content (AvgIpc) is 3.40. The summed E-state index contributed by atoms with van der Waals surface area (Å²) in [6.45, 7) is 6.26. The lowest BCUT2D eigenvalue weighted by atomic mass is 10.1. The molecule has 0 radical (unpaired) electrons. The van der Waals surface area contributed by atoms with Crippen LogP contribution in [0.1, 0.15) is 43.9 Å². The van der Waals surface area contributed by atoms with Gasteiger partial charge in [-0.05, 0) is 49.4 Å². The first-order valence-electron chi connectivity index (χ1n) is 8.76. The molecule has 0 saturated heterocycles. The molecule has 1 fully saturated rings. The number of aryl methyl sites for hydroxylation is 1. The Morgan fingerprint density at radius 3 is 2.60 bits per heavy atom. The summed E-state index contributed by atoms with van der Waals surface area (Å²) in [4.78, 5) is 9.26. The lowest BCUT2D eigenvalue weighted by Gasteiger charge is -2.20. The summed E-state index contributed by atoms with van der Waals surface area (Å²) in [5.41, 5.74) is 3.23. The van der Waals surface area contributed by atoms with Crippen LogP contribution in [-0.2, 0) is 0 Å². The summed E-state index contributed by atoms with van der Waals surface area (Å²) < 4.78 is 1.09. The first-order valence-corrected chi connectivity index (χ1v) is 9.55. The molecular weight excluding hydrogens is 380 g/mol. The van der Waals surface area contributed by atoms with Gasteiger partial charge in [0.1, 0.15) is 5.82 Å². The number of aliphatic hydroxyl groups excluding tert-OH is 1. The Hall–Kier alpha value is -1.66. The first-order chi connectivity index (χ1) is 12.0. The molecule has 3 rings (SSSR count). The van der Waals surface area contributed by atoms with E-state index in [1.54, 1.807) is 0 Å². The van der Waals surface area contributed by atoms with E-state index in [-0.39, 0.29) is 12.6 Å². The molecule has 0 spiro atoms. The number of hydrogen-bond acceptors (Lipinski definition) is 5. The molecule has 0 bridgehead atoms. The number of aromatic nitrogens is 2. The van der Waals surface area contributed by atoms with Gasteiger partial charge in [0, 0.05) is 22.1 Å². The molecule has 1 aliphatic rings. The second kappa shape index (κ2) is 7.70. The molecule has 5 nitrogen and oxygen atoms in total. The van der Waals surface area contributed by atoms with Crippen LogP contribution in [0.3, 0.4) is 0 Å². The maximum Gasteiger partial charge on any atom is 0.225 e. The Kier molecular flexibility index (Phi) is 5.59. The molecule has 1 aromatic carbocycles. The number of nitrogens with one attached hydrogen (secondary N) is 2. The number of anilines is 3. The molecule has 25 heavy (non-hydrogen) atoms. The van der Waals surface area contributed by atoms with Crippen molar-refractivity contribution in [3.05, 3.63) is 40.0 Å². The number of aliphatic hydroxyl groups is 1. The fraction of sp³-hybridized carbons (Fsp3) is 0.474. The fourth-order valence-electron chi connectivity index (χ4n) is 2.64. The van der Waals surface area contributed by atoms with E-state index in [9.17, 15) is 5.11 Å². The predicted octanol–water partition coefficient (Wildman–Crippen LogP) is 4.60. The van der Waals surface area contributed by atoms with E-state index >= 15 is 0 Å². The molecule has 0 aliphatic heterocycles. The largest absolute Gasteiger partial charge is 0.394 e. The van der Waals surface area contributed by atoms with Crippen molar-refractivity contribution in [1.82, 2.24) is 9.97 Å². The zero-order chi connectivity index (χ0) is 18.0. The minimum atomic E-state index is -0.0581. The van der Waals surface area contributed by atoms with Gasteiger partial charge in [0.15, 0.2) is 0 Å². The first kappa shape index (κ1) is 18.1. The summed E-state index contributed by atoms with van der Waals surface area (Å²) in [5.74, 6) is 2.18. The average molecular weight is 405 g/mol. The molecule has 1 heterocycles. The van der Waals surface area contributed by atoms with Crippen molar-refractivity contribution in [2.24, 2.45) is 5.92 Å². The van der Waals surface area contributed by atoms with E-state index in [1.165, 1.54) is 18.4 Å². The minimum absolute atomic E-state index is 0.0581. The highest BCUT2D eigenvalue weighted by molar-refractivity contribution is 9.10. The van der Waals surface area contributed by atoms with Gasteiger partial charge in [-0.1, -0.05) is 29.8 Å². The van der Waals surface area contributed by atoms with Crippen LogP contribution in [0, 0.1) is 12.8 Å². The van der Waals surface area contributed by atoms with Crippen LogP contribution >= 0.6 is 15.9 Å². The number of nitrogens with zero attached hydrogens (tertiary/aromatic N) is 2. The van der Waals surface area contributed by atoms with Gasteiger partial charge in [0.05, 0.1) is 18.3 Å². The molecule has 0 unspecified atom stereocenters. The van der Waals surface area contributed by atoms with Crippen molar-refractivity contribution in [3.63, 3.8) is 0 Å². The lowest BCUT2D eigenvalue weighted by Crippen LogP contribution is -2.30.